The van der Waals surface area contributed by atoms with Crippen LogP contribution < -0.4 is 10.5 Å². The Morgan fingerprint density at radius 1 is 1.50 bits per heavy atom. The lowest BCUT2D eigenvalue weighted by atomic mass is 10.2. The number of anilines is 1. The third kappa shape index (κ3) is 2.90. The fourth-order valence-electron chi connectivity index (χ4n) is 1.05. The molecule has 0 aliphatic rings. The van der Waals surface area contributed by atoms with Crippen LogP contribution >= 0.6 is 0 Å². The number of phenolic OH excluding ortho intramolecular Hbond substituents is 1. The summed E-state index contributed by atoms with van der Waals surface area (Å²) < 4.78 is 24.2. The molecule has 0 unspecified atom stereocenters. The zero-order valence-corrected chi connectivity index (χ0v) is 8.50. The molecular weight excluding hydrogens is 204 g/mol. The van der Waals surface area contributed by atoms with Gasteiger partial charge in [0.25, 0.3) is 0 Å². The number of aromatic hydroxyl groups is 1. The van der Waals surface area contributed by atoms with E-state index in [9.17, 15) is 8.42 Å². The highest BCUT2D eigenvalue weighted by atomic mass is 32.2. The first-order valence-corrected chi connectivity index (χ1v) is 5.81. The third-order valence-electron chi connectivity index (χ3n) is 1.60. The Balaban J connectivity index is 3.09. The Kier molecular flexibility index (Phi) is 2.97. The highest BCUT2D eigenvalue weighted by Crippen LogP contribution is 2.21. The molecule has 0 atom stereocenters. The summed E-state index contributed by atoms with van der Waals surface area (Å²) in [4.78, 5) is 0. The van der Waals surface area contributed by atoms with Crippen molar-refractivity contribution >= 4 is 15.7 Å². The van der Waals surface area contributed by atoms with Gasteiger partial charge >= 0.3 is 0 Å². The van der Waals surface area contributed by atoms with E-state index >= 15 is 0 Å². The quantitative estimate of drug-likeness (QED) is 0.630. The predicted octanol–water partition coefficient (Wildman–Crippen LogP) is 0.222. The zero-order chi connectivity index (χ0) is 10.8. The molecule has 0 amide bonds. The molecule has 0 saturated heterocycles. The van der Waals surface area contributed by atoms with Gasteiger partial charge in [0.1, 0.15) is 5.75 Å². The largest absolute Gasteiger partial charge is 0.508 e. The Morgan fingerprint density at radius 3 is 2.64 bits per heavy atom. The van der Waals surface area contributed by atoms with Gasteiger partial charge in [0, 0.05) is 6.54 Å². The topological polar surface area (TPSA) is 92.4 Å². The first-order chi connectivity index (χ1) is 6.42. The van der Waals surface area contributed by atoms with Crippen molar-refractivity contribution in [2.24, 2.45) is 5.73 Å². The number of nitrogens with two attached hydrogens (primary N) is 1. The lowest BCUT2D eigenvalue weighted by Crippen LogP contribution is -2.12. The Hall–Kier alpha value is -1.27. The predicted molar refractivity (Wildman–Crippen MR) is 54.5 cm³/mol. The van der Waals surface area contributed by atoms with Crippen molar-refractivity contribution in [2.45, 2.75) is 6.54 Å². The molecule has 4 N–H and O–H groups in total. The molecular formula is C8H12N2O3S. The maximum Gasteiger partial charge on any atom is 0.229 e. The van der Waals surface area contributed by atoms with Crippen LogP contribution in [0.3, 0.4) is 0 Å². The molecule has 0 aromatic heterocycles. The van der Waals surface area contributed by atoms with Gasteiger partial charge in [0.2, 0.25) is 10.0 Å². The van der Waals surface area contributed by atoms with E-state index < -0.39 is 10.0 Å². The van der Waals surface area contributed by atoms with Gasteiger partial charge in [0.15, 0.2) is 0 Å². The third-order valence-corrected chi connectivity index (χ3v) is 2.19. The summed E-state index contributed by atoms with van der Waals surface area (Å²) in [7, 11) is -3.31. The molecule has 1 aromatic rings. The molecule has 0 bridgehead atoms. The Morgan fingerprint density at radius 2 is 2.14 bits per heavy atom. The molecule has 14 heavy (non-hydrogen) atoms. The van der Waals surface area contributed by atoms with Crippen molar-refractivity contribution in [3.05, 3.63) is 23.8 Å². The molecule has 1 rings (SSSR count). The van der Waals surface area contributed by atoms with E-state index in [0.717, 1.165) is 6.26 Å². The summed E-state index contributed by atoms with van der Waals surface area (Å²) in [6.07, 6.45) is 1.06. The van der Waals surface area contributed by atoms with E-state index in [1.54, 1.807) is 0 Å². The lowest BCUT2D eigenvalue weighted by Gasteiger charge is -2.09. The highest BCUT2D eigenvalue weighted by molar-refractivity contribution is 7.92. The number of phenols is 1. The minimum absolute atomic E-state index is 0.0597. The Bertz CT molecular complexity index is 428. The summed E-state index contributed by atoms with van der Waals surface area (Å²) in [5.74, 6) is 0.0597. The molecule has 0 radical (unpaired) electrons. The van der Waals surface area contributed by atoms with Crippen LogP contribution in [-0.4, -0.2) is 19.8 Å². The van der Waals surface area contributed by atoms with E-state index in [2.05, 4.69) is 4.72 Å². The number of nitrogens with one attached hydrogen (secondary N) is 1. The number of hydrogen-bond donors (Lipinski definition) is 3. The maximum absolute atomic E-state index is 10.9. The van der Waals surface area contributed by atoms with Gasteiger partial charge in [-0.25, -0.2) is 8.42 Å². The number of benzene rings is 1. The lowest BCUT2D eigenvalue weighted by molar-refractivity contribution is 0.474. The minimum atomic E-state index is -3.31. The minimum Gasteiger partial charge on any atom is -0.508 e. The monoisotopic (exact) mass is 216 g/mol. The zero-order valence-electron chi connectivity index (χ0n) is 7.69. The van der Waals surface area contributed by atoms with Crippen LogP contribution in [0.15, 0.2) is 18.2 Å². The van der Waals surface area contributed by atoms with Gasteiger partial charge in [-0.05, 0) is 23.8 Å². The Labute approximate surface area is 82.6 Å². The second-order valence-electron chi connectivity index (χ2n) is 2.92. The first kappa shape index (κ1) is 10.8. The van der Waals surface area contributed by atoms with Crippen molar-refractivity contribution in [3.8, 4) is 5.75 Å². The van der Waals surface area contributed by atoms with Gasteiger partial charge in [-0.2, -0.15) is 0 Å². The van der Waals surface area contributed by atoms with Gasteiger partial charge in [-0.1, -0.05) is 0 Å². The van der Waals surface area contributed by atoms with Crippen LogP contribution in [0.4, 0.5) is 5.69 Å². The molecule has 0 aliphatic heterocycles. The second-order valence-corrected chi connectivity index (χ2v) is 4.67. The van der Waals surface area contributed by atoms with E-state index in [1.807, 2.05) is 0 Å². The molecule has 6 heteroatoms. The van der Waals surface area contributed by atoms with Gasteiger partial charge < -0.3 is 10.8 Å². The molecule has 78 valence electrons. The van der Waals surface area contributed by atoms with Crippen molar-refractivity contribution < 1.29 is 13.5 Å². The summed E-state index contributed by atoms with van der Waals surface area (Å²) in [6.45, 7) is 0.159. The van der Waals surface area contributed by atoms with Crippen LogP contribution in [-0.2, 0) is 16.6 Å². The van der Waals surface area contributed by atoms with Crippen LogP contribution in [0, 0.1) is 0 Å². The first-order valence-electron chi connectivity index (χ1n) is 3.92. The standard InChI is InChI=1S/C8H12N2O3S/c1-14(12,13)10-8-3-2-7(11)4-6(8)5-9/h2-4,10-11H,5,9H2,1H3. The van der Waals surface area contributed by atoms with E-state index in [0.29, 0.717) is 11.3 Å². The van der Waals surface area contributed by atoms with E-state index in [1.165, 1.54) is 18.2 Å². The van der Waals surface area contributed by atoms with Crippen molar-refractivity contribution in [1.29, 1.82) is 0 Å². The van der Waals surface area contributed by atoms with Crippen molar-refractivity contribution in [2.75, 3.05) is 11.0 Å². The van der Waals surface area contributed by atoms with Crippen LogP contribution in [0.1, 0.15) is 5.56 Å². The smallest absolute Gasteiger partial charge is 0.229 e. The fourth-order valence-corrected chi connectivity index (χ4v) is 1.65. The molecule has 5 nitrogen and oxygen atoms in total. The summed E-state index contributed by atoms with van der Waals surface area (Å²) in [6, 6.07) is 4.29. The van der Waals surface area contributed by atoms with Crippen molar-refractivity contribution in [1.82, 2.24) is 0 Å². The average Bonchev–Trinajstić information content (AvgIpc) is 2.06. The van der Waals surface area contributed by atoms with E-state index in [4.69, 9.17) is 10.8 Å². The SMILES string of the molecule is CS(=O)(=O)Nc1ccc(O)cc1CN. The highest BCUT2D eigenvalue weighted by Gasteiger charge is 2.06. The maximum atomic E-state index is 10.9. The van der Waals surface area contributed by atoms with Crippen LogP contribution in [0.25, 0.3) is 0 Å². The molecule has 0 spiro atoms. The summed E-state index contributed by atoms with van der Waals surface area (Å²) in [5.41, 5.74) is 6.34. The average molecular weight is 216 g/mol. The summed E-state index contributed by atoms with van der Waals surface area (Å²) in [5, 5.41) is 9.13. The summed E-state index contributed by atoms with van der Waals surface area (Å²) >= 11 is 0. The van der Waals surface area contributed by atoms with Gasteiger partial charge in [-0.3, -0.25) is 4.72 Å². The number of hydrogen-bond acceptors (Lipinski definition) is 4. The molecule has 0 fully saturated rings. The molecule has 1 aromatic carbocycles. The molecule has 0 saturated carbocycles. The number of rotatable bonds is 3. The van der Waals surface area contributed by atoms with Crippen molar-refractivity contribution in [3.63, 3.8) is 0 Å². The van der Waals surface area contributed by atoms with Gasteiger partial charge in [0.05, 0.1) is 11.9 Å². The normalized spacial score (nSPS) is 11.3. The van der Waals surface area contributed by atoms with Crippen LogP contribution in [0.2, 0.25) is 0 Å². The van der Waals surface area contributed by atoms with Gasteiger partial charge in [-0.15, -0.1) is 0 Å². The number of sulfonamides is 1. The van der Waals surface area contributed by atoms with E-state index in [-0.39, 0.29) is 12.3 Å². The molecule has 0 aliphatic carbocycles. The molecule has 0 heterocycles. The second kappa shape index (κ2) is 3.85. The van der Waals surface area contributed by atoms with Crippen LogP contribution in [0.5, 0.6) is 5.75 Å². The fraction of sp³-hybridized carbons (Fsp3) is 0.250.